The van der Waals surface area contributed by atoms with Crippen LogP contribution in [-0.4, -0.2) is 23.2 Å². The van der Waals surface area contributed by atoms with E-state index in [-0.39, 0.29) is 0 Å². The van der Waals surface area contributed by atoms with Crippen LogP contribution in [0, 0.1) is 6.92 Å². The number of rotatable bonds is 3. The van der Waals surface area contributed by atoms with Gasteiger partial charge in [-0.1, -0.05) is 12.1 Å². The summed E-state index contributed by atoms with van der Waals surface area (Å²) in [5.41, 5.74) is 1.27. The molecule has 0 unspecified atom stereocenters. The zero-order valence-corrected chi connectivity index (χ0v) is 10.1. The van der Waals surface area contributed by atoms with Crippen LogP contribution in [0.2, 0.25) is 0 Å². The van der Waals surface area contributed by atoms with Gasteiger partial charge >= 0.3 is 0 Å². The minimum Gasteiger partial charge on any atom is -0.441 e. The van der Waals surface area contributed by atoms with Crippen LogP contribution >= 0.6 is 0 Å². The fourth-order valence-corrected chi connectivity index (χ4v) is 1.48. The Balaban J connectivity index is 2.23. The van der Waals surface area contributed by atoms with Gasteiger partial charge in [0.2, 0.25) is 0 Å². The second-order valence-electron chi connectivity index (χ2n) is 3.63. The minimum absolute atomic E-state index is 0.419. The first kappa shape index (κ1) is 12.3. The number of nitrogens with two attached hydrogens (primary N) is 1. The van der Waals surface area contributed by atoms with Gasteiger partial charge in [0.25, 0.3) is 5.91 Å². The van der Waals surface area contributed by atoms with Gasteiger partial charge < -0.3 is 4.42 Å². The van der Waals surface area contributed by atoms with E-state index in [1.807, 2.05) is 0 Å². The summed E-state index contributed by atoms with van der Waals surface area (Å²) in [6, 6.07) is 6.82. The molecule has 0 atom stereocenters. The van der Waals surface area contributed by atoms with E-state index in [1.165, 1.54) is 7.11 Å². The molecule has 0 spiro atoms. The van der Waals surface area contributed by atoms with Crippen molar-refractivity contribution < 1.29 is 14.0 Å². The van der Waals surface area contributed by atoms with Crippen molar-refractivity contribution in [3.05, 3.63) is 41.9 Å². The Bertz CT molecular complexity index is 548. The van der Waals surface area contributed by atoms with Crippen LogP contribution in [0.15, 0.2) is 34.9 Å². The normalized spacial score (nSPS) is 10.4. The Labute approximate surface area is 104 Å². The monoisotopic (exact) mass is 247 g/mol. The molecule has 6 heteroatoms. The largest absolute Gasteiger partial charge is 0.441 e. The average molecular weight is 247 g/mol. The molecule has 2 aromatic rings. The molecule has 0 bridgehead atoms. The van der Waals surface area contributed by atoms with E-state index in [1.54, 1.807) is 37.4 Å². The van der Waals surface area contributed by atoms with Crippen molar-refractivity contribution in [3.8, 4) is 11.3 Å². The molecule has 0 aliphatic carbocycles. The van der Waals surface area contributed by atoms with Crippen molar-refractivity contribution in [1.29, 1.82) is 0 Å². The van der Waals surface area contributed by atoms with Gasteiger partial charge in [-0.05, 0) is 12.1 Å². The molecule has 18 heavy (non-hydrogen) atoms. The predicted molar refractivity (Wildman–Crippen MR) is 64.0 cm³/mol. The van der Waals surface area contributed by atoms with Crippen molar-refractivity contribution in [2.24, 2.45) is 5.84 Å². The topological polar surface area (TPSA) is 81.6 Å². The first-order chi connectivity index (χ1) is 8.61. The van der Waals surface area contributed by atoms with E-state index in [0.717, 1.165) is 5.56 Å². The summed E-state index contributed by atoms with van der Waals surface area (Å²) in [5, 5.41) is 0.674. The Hall–Kier alpha value is -2.18. The Morgan fingerprint density at radius 2 is 2.06 bits per heavy atom. The van der Waals surface area contributed by atoms with Gasteiger partial charge in [0.05, 0.1) is 13.3 Å². The van der Waals surface area contributed by atoms with E-state index in [2.05, 4.69) is 9.82 Å². The Morgan fingerprint density at radius 3 is 2.56 bits per heavy atom. The lowest BCUT2D eigenvalue weighted by Crippen LogP contribution is -2.36. The standard InChI is InChI=1S/C12H13N3O3/c1-8-14-7-11(18-8)9-3-5-10(6-4-9)12(16)15(13)17-2/h3-7H,13H2,1-2H3. The maximum atomic E-state index is 11.7. The van der Waals surface area contributed by atoms with Crippen molar-refractivity contribution in [1.82, 2.24) is 10.2 Å². The van der Waals surface area contributed by atoms with Crippen molar-refractivity contribution >= 4 is 5.91 Å². The summed E-state index contributed by atoms with van der Waals surface area (Å²) in [6.45, 7) is 1.77. The van der Waals surface area contributed by atoms with Gasteiger partial charge in [0, 0.05) is 18.1 Å². The quantitative estimate of drug-likeness (QED) is 0.505. The number of nitrogens with zero attached hydrogens (tertiary/aromatic N) is 2. The fraction of sp³-hybridized carbons (Fsp3) is 0.167. The van der Waals surface area contributed by atoms with Crippen LogP contribution in [0.3, 0.4) is 0 Å². The number of aryl methyl sites for hydroxylation is 1. The molecule has 1 amide bonds. The highest BCUT2D eigenvalue weighted by Gasteiger charge is 2.12. The summed E-state index contributed by atoms with van der Waals surface area (Å²) in [4.78, 5) is 20.3. The lowest BCUT2D eigenvalue weighted by Gasteiger charge is -2.12. The second-order valence-corrected chi connectivity index (χ2v) is 3.63. The van der Waals surface area contributed by atoms with E-state index in [4.69, 9.17) is 10.3 Å². The first-order valence-electron chi connectivity index (χ1n) is 5.28. The number of hydrazine groups is 1. The number of benzene rings is 1. The molecule has 0 aliphatic rings. The third kappa shape index (κ3) is 2.39. The molecule has 0 radical (unpaired) electrons. The van der Waals surface area contributed by atoms with Gasteiger partial charge in [-0.25, -0.2) is 10.8 Å². The summed E-state index contributed by atoms with van der Waals surface area (Å²) in [5.74, 6) is 6.17. The molecule has 1 aromatic carbocycles. The fourth-order valence-electron chi connectivity index (χ4n) is 1.48. The van der Waals surface area contributed by atoms with Gasteiger partial charge in [-0.15, -0.1) is 5.17 Å². The Morgan fingerprint density at radius 1 is 1.39 bits per heavy atom. The van der Waals surface area contributed by atoms with Gasteiger partial charge in [-0.3, -0.25) is 9.63 Å². The zero-order valence-electron chi connectivity index (χ0n) is 10.1. The molecule has 6 nitrogen and oxygen atoms in total. The van der Waals surface area contributed by atoms with Crippen LogP contribution in [0.1, 0.15) is 16.2 Å². The number of oxazole rings is 1. The van der Waals surface area contributed by atoms with E-state index in [0.29, 0.717) is 22.4 Å². The van der Waals surface area contributed by atoms with E-state index < -0.39 is 5.91 Å². The number of hydroxylamine groups is 1. The number of carbonyl (C=O) groups is 1. The molecular formula is C12H13N3O3. The lowest BCUT2D eigenvalue weighted by atomic mass is 10.1. The third-order valence-corrected chi connectivity index (χ3v) is 2.43. The molecule has 1 aromatic heterocycles. The van der Waals surface area contributed by atoms with Crippen LogP contribution in [0.25, 0.3) is 11.3 Å². The first-order valence-corrected chi connectivity index (χ1v) is 5.28. The van der Waals surface area contributed by atoms with Gasteiger partial charge in [-0.2, -0.15) is 0 Å². The molecule has 0 saturated carbocycles. The number of aromatic nitrogens is 1. The summed E-state index contributed by atoms with van der Waals surface area (Å²) >= 11 is 0. The third-order valence-electron chi connectivity index (χ3n) is 2.43. The van der Waals surface area contributed by atoms with Crippen LogP contribution in [0.5, 0.6) is 0 Å². The van der Waals surface area contributed by atoms with Gasteiger partial charge in [0.1, 0.15) is 0 Å². The van der Waals surface area contributed by atoms with Crippen molar-refractivity contribution in [2.45, 2.75) is 6.92 Å². The lowest BCUT2D eigenvalue weighted by molar-refractivity contribution is -0.0969. The average Bonchev–Trinajstić information content (AvgIpc) is 2.84. The molecular weight excluding hydrogens is 234 g/mol. The number of amides is 1. The summed E-state index contributed by atoms with van der Waals surface area (Å²) in [7, 11) is 1.32. The molecule has 0 saturated heterocycles. The highest BCUT2D eigenvalue weighted by Crippen LogP contribution is 2.20. The predicted octanol–water partition coefficient (Wildman–Crippen LogP) is 1.53. The van der Waals surface area contributed by atoms with Crippen molar-refractivity contribution in [2.75, 3.05) is 7.11 Å². The Kier molecular flexibility index (Phi) is 3.40. The maximum Gasteiger partial charge on any atom is 0.292 e. The van der Waals surface area contributed by atoms with E-state index in [9.17, 15) is 4.79 Å². The molecule has 1 heterocycles. The number of hydrogen-bond donors (Lipinski definition) is 1. The smallest absolute Gasteiger partial charge is 0.292 e. The molecule has 0 fully saturated rings. The zero-order chi connectivity index (χ0) is 13.1. The minimum atomic E-state index is -0.419. The SMILES string of the molecule is CON(N)C(=O)c1ccc(-c2cnc(C)o2)cc1. The van der Waals surface area contributed by atoms with Gasteiger partial charge in [0.15, 0.2) is 11.7 Å². The van der Waals surface area contributed by atoms with Crippen LogP contribution in [0.4, 0.5) is 0 Å². The van der Waals surface area contributed by atoms with Crippen LogP contribution < -0.4 is 5.84 Å². The summed E-state index contributed by atoms with van der Waals surface area (Å²) < 4.78 is 5.38. The number of hydrogen-bond acceptors (Lipinski definition) is 5. The molecule has 2 N–H and O–H groups in total. The molecule has 94 valence electrons. The maximum absolute atomic E-state index is 11.7. The van der Waals surface area contributed by atoms with E-state index >= 15 is 0 Å². The number of carbonyl (C=O) groups excluding carboxylic acids is 1. The highest BCUT2D eigenvalue weighted by atomic mass is 16.7. The molecule has 0 aliphatic heterocycles. The highest BCUT2D eigenvalue weighted by molar-refractivity contribution is 5.93. The molecule has 2 rings (SSSR count). The summed E-state index contributed by atoms with van der Waals surface area (Å²) in [6.07, 6.45) is 1.64. The van der Waals surface area contributed by atoms with Crippen LogP contribution in [-0.2, 0) is 4.84 Å². The van der Waals surface area contributed by atoms with Crippen molar-refractivity contribution in [3.63, 3.8) is 0 Å². The second kappa shape index (κ2) is 4.99.